The predicted molar refractivity (Wildman–Crippen MR) is 115 cm³/mol. The molecule has 2 heterocycles. The minimum absolute atomic E-state index is 0.0549. The molecule has 0 saturated carbocycles. The molecular formula is C23H29N4O. The monoisotopic (exact) mass is 377 g/mol. The van der Waals surface area contributed by atoms with Gasteiger partial charge in [-0.05, 0) is 53.1 Å². The Morgan fingerprint density at radius 3 is 2.50 bits per heavy atom. The Morgan fingerprint density at radius 1 is 1.14 bits per heavy atom. The topological polar surface area (TPSA) is 70.7 Å². The third kappa shape index (κ3) is 4.58. The highest BCUT2D eigenvalue weighted by Gasteiger charge is 2.30. The van der Waals surface area contributed by atoms with Gasteiger partial charge in [-0.1, -0.05) is 40.7 Å². The molecule has 0 spiro atoms. The number of aromatic amines is 1. The van der Waals surface area contributed by atoms with Crippen molar-refractivity contribution in [3.8, 4) is 11.1 Å². The van der Waals surface area contributed by atoms with Crippen LogP contribution in [0.2, 0.25) is 0 Å². The first kappa shape index (κ1) is 20.1. The van der Waals surface area contributed by atoms with Crippen LogP contribution in [0.5, 0.6) is 0 Å². The van der Waals surface area contributed by atoms with Crippen molar-refractivity contribution < 1.29 is 4.79 Å². The normalized spacial score (nSPS) is 12.1. The van der Waals surface area contributed by atoms with E-state index in [1.165, 1.54) is 12.8 Å². The molecule has 1 aromatic carbocycles. The van der Waals surface area contributed by atoms with E-state index in [9.17, 15) is 4.79 Å². The Hall–Kier alpha value is -2.69. The van der Waals surface area contributed by atoms with Gasteiger partial charge in [0, 0.05) is 19.0 Å². The number of anilines is 1. The summed E-state index contributed by atoms with van der Waals surface area (Å²) in [5.74, 6) is 3.31. The second-order valence-electron chi connectivity index (χ2n) is 8.75. The number of hydrogen-bond acceptors (Lipinski definition) is 3. The van der Waals surface area contributed by atoms with Crippen molar-refractivity contribution in [2.75, 3.05) is 5.32 Å². The molecule has 0 unspecified atom stereocenters. The number of nitrogens with zero attached hydrogens (tertiary/aromatic N) is 2. The molecule has 0 aliphatic heterocycles. The molecule has 1 amide bonds. The number of H-pyrrole nitrogens is 1. The van der Waals surface area contributed by atoms with E-state index in [0.717, 1.165) is 34.4 Å². The average Bonchev–Trinajstić information content (AvgIpc) is 3.00. The number of imidazole rings is 1. The van der Waals surface area contributed by atoms with E-state index >= 15 is 0 Å². The van der Waals surface area contributed by atoms with Gasteiger partial charge in [0.05, 0.1) is 11.0 Å². The van der Waals surface area contributed by atoms with Crippen molar-refractivity contribution >= 4 is 22.8 Å². The number of carbonyl (C=O) groups is 1. The van der Waals surface area contributed by atoms with Crippen LogP contribution in [0.4, 0.5) is 5.82 Å². The molecule has 0 saturated heterocycles. The summed E-state index contributed by atoms with van der Waals surface area (Å²) in [7, 11) is 0. The predicted octanol–water partition coefficient (Wildman–Crippen LogP) is 5.60. The van der Waals surface area contributed by atoms with Crippen LogP contribution in [0.1, 0.15) is 53.8 Å². The fraction of sp³-hybridized carbons (Fsp3) is 0.391. The standard InChI is InChI=1S/C23H29N4O/c1-14(2)11-18(23(4,5)6)22-26-19-8-7-16(12-20(19)27-22)17-9-10-24-21(13-17)25-15(3)28/h7-10,12-14H,11H2,1-6H3,(H,26,27)(H,24,25,28). The molecule has 147 valence electrons. The van der Waals surface area contributed by atoms with Gasteiger partial charge in [0.25, 0.3) is 0 Å². The van der Waals surface area contributed by atoms with Crippen LogP contribution < -0.4 is 5.32 Å². The molecule has 2 aromatic heterocycles. The quantitative estimate of drug-likeness (QED) is 0.608. The smallest absolute Gasteiger partial charge is 0.222 e. The third-order valence-electron chi connectivity index (χ3n) is 4.68. The van der Waals surface area contributed by atoms with E-state index in [4.69, 9.17) is 4.98 Å². The summed E-state index contributed by atoms with van der Waals surface area (Å²) in [5, 5.41) is 2.73. The summed E-state index contributed by atoms with van der Waals surface area (Å²) < 4.78 is 0. The van der Waals surface area contributed by atoms with Crippen molar-refractivity contribution in [2.45, 2.75) is 48.0 Å². The molecule has 0 aliphatic carbocycles. The van der Waals surface area contributed by atoms with E-state index < -0.39 is 0 Å². The summed E-state index contributed by atoms with van der Waals surface area (Å²) >= 11 is 0. The summed E-state index contributed by atoms with van der Waals surface area (Å²) in [6.07, 6.45) is 2.72. The van der Waals surface area contributed by atoms with Gasteiger partial charge >= 0.3 is 0 Å². The largest absolute Gasteiger partial charge is 0.341 e. The lowest BCUT2D eigenvalue weighted by atomic mass is 9.76. The van der Waals surface area contributed by atoms with Crippen molar-refractivity contribution in [2.24, 2.45) is 11.3 Å². The highest BCUT2D eigenvalue weighted by molar-refractivity contribution is 5.89. The molecule has 1 radical (unpaired) electrons. The van der Waals surface area contributed by atoms with Crippen molar-refractivity contribution in [1.29, 1.82) is 0 Å². The summed E-state index contributed by atoms with van der Waals surface area (Å²) in [4.78, 5) is 23.9. The van der Waals surface area contributed by atoms with Crippen LogP contribution in [0, 0.1) is 17.3 Å². The molecule has 3 aromatic rings. The molecular weight excluding hydrogens is 348 g/mol. The summed E-state index contributed by atoms with van der Waals surface area (Å²) in [6, 6.07) is 10.0. The lowest BCUT2D eigenvalue weighted by molar-refractivity contribution is -0.114. The number of carbonyl (C=O) groups excluding carboxylic acids is 1. The van der Waals surface area contributed by atoms with Crippen molar-refractivity contribution in [3.05, 3.63) is 48.3 Å². The average molecular weight is 378 g/mol. The van der Waals surface area contributed by atoms with Crippen LogP contribution >= 0.6 is 0 Å². The maximum Gasteiger partial charge on any atom is 0.222 e. The van der Waals surface area contributed by atoms with E-state index in [1.807, 2.05) is 12.1 Å². The van der Waals surface area contributed by atoms with E-state index in [-0.39, 0.29) is 11.3 Å². The molecule has 5 heteroatoms. The van der Waals surface area contributed by atoms with Gasteiger partial charge in [-0.25, -0.2) is 9.97 Å². The Labute approximate surface area is 167 Å². The fourth-order valence-electron chi connectivity index (χ4n) is 3.35. The number of fused-ring (bicyclic) bond motifs is 1. The number of aromatic nitrogens is 3. The number of amides is 1. The lowest BCUT2D eigenvalue weighted by Gasteiger charge is -2.29. The number of hydrogen-bond donors (Lipinski definition) is 2. The van der Waals surface area contributed by atoms with Crippen LogP contribution in [0.25, 0.3) is 22.2 Å². The minimum Gasteiger partial charge on any atom is -0.341 e. The van der Waals surface area contributed by atoms with E-state index in [2.05, 4.69) is 68.1 Å². The van der Waals surface area contributed by atoms with Gasteiger partial charge in [0.1, 0.15) is 11.6 Å². The SMILES string of the molecule is CC(=O)Nc1cc(-c2ccc3[nH]c([C](CC(C)C)C(C)(C)C)nc3c2)ccn1. The van der Waals surface area contributed by atoms with Gasteiger partial charge in [0.15, 0.2) is 0 Å². The Morgan fingerprint density at radius 2 is 1.86 bits per heavy atom. The molecule has 0 bridgehead atoms. The summed E-state index contributed by atoms with van der Waals surface area (Å²) in [5.41, 5.74) is 4.06. The Balaban J connectivity index is 1.98. The zero-order valence-corrected chi connectivity index (χ0v) is 17.6. The van der Waals surface area contributed by atoms with Gasteiger partial charge in [-0.15, -0.1) is 0 Å². The molecule has 3 rings (SSSR count). The Kier molecular flexibility index (Phi) is 5.54. The maximum absolute atomic E-state index is 11.3. The number of benzene rings is 1. The fourth-order valence-corrected chi connectivity index (χ4v) is 3.35. The van der Waals surface area contributed by atoms with Crippen LogP contribution in [0.15, 0.2) is 36.5 Å². The number of pyridine rings is 1. The molecule has 2 N–H and O–H groups in total. The van der Waals surface area contributed by atoms with Gasteiger partial charge in [0.2, 0.25) is 5.91 Å². The zero-order chi connectivity index (χ0) is 20.5. The van der Waals surface area contributed by atoms with Crippen LogP contribution in [0.3, 0.4) is 0 Å². The van der Waals surface area contributed by atoms with Crippen molar-refractivity contribution in [3.63, 3.8) is 0 Å². The molecule has 0 fully saturated rings. The molecule has 0 atom stereocenters. The van der Waals surface area contributed by atoms with Crippen molar-refractivity contribution in [1.82, 2.24) is 15.0 Å². The zero-order valence-electron chi connectivity index (χ0n) is 17.6. The Bertz CT molecular complexity index is 982. The van der Waals surface area contributed by atoms with Crippen LogP contribution in [-0.4, -0.2) is 20.9 Å². The molecule has 5 nitrogen and oxygen atoms in total. The van der Waals surface area contributed by atoms with E-state index in [0.29, 0.717) is 11.7 Å². The first-order valence-corrected chi connectivity index (χ1v) is 9.74. The molecule has 28 heavy (non-hydrogen) atoms. The van der Waals surface area contributed by atoms with Crippen LogP contribution in [-0.2, 0) is 4.79 Å². The summed E-state index contributed by atoms with van der Waals surface area (Å²) in [6.45, 7) is 12.7. The minimum atomic E-state index is -0.132. The first-order chi connectivity index (χ1) is 13.1. The van der Waals surface area contributed by atoms with Gasteiger partial charge in [-0.2, -0.15) is 0 Å². The maximum atomic E-state index is 11.3. The van der Waals surface area contributed by atoms with E-state index in [1.54, 1.807) is 6.20 Å². The van der Waals surface area contributed by atoms with Gasteiger partial charge < -0.3 is 10.3 Å². The third-order valence-corrected chi connectivity index (χ3v) is 4.68. The van der Waals surface area contributed by atoms with Gasteiger partial charge in [-0.3, -0.25) is 4.79 Å². The highest BCUT2D eigenvalue weighted by atomic mass is 16.1. The highest BCUT2D eigenvalue weighted by Crippen LogP contribution is 2.38. The number of rotatable bonds is 5. The second-order valence-corrected chi connectivity index (χ2v) is 8.75. The number of nitrogens with one attached hydrogen (secondary N) is 2. The first-order valence-electron chi connectivity index (χ1n) is 9.74. The molecule has 0 aliphatic rings. The second kappa shape index (κ2) is 7.74. The lowest BCUT2D eigenvalue weighted by Crippen LogP contribution is -2.22.